The number of benzene rings is 1. The Labute approximate surface area is 170 Å². The second-order valence-electron chi connectivity index (χ2n) is 6.12. The summed E-state index contributed by atoms with van der Waals surface area (Å²) in [5.41, 5.74) is 1.11. The highest BCUT2D eigenvalue weighted by atomic mass is 32.2. The molecule has 0 saturated carbocycles. The predicted octanol–water partition coefficient (Wildman–Crippen LogP) is 3.04. The van der Waals surface area contributed by atoms with Gasteiger partial charge in [0, 0.05) is 24.3 Å². The van der Waals surface area contributed by atoms with Gasteiger partial charge in [-0.15, -0.1) is 0 Å². The third-order valence-electron chi connectivity index (χ3n) is 4.19. The van der Waals surface area contributed by atoms with Gasteiger partial charge >= 0.3 is 5.51 Å². The van der Waals surface area contributed by atoms with E-state index in [0.717, 1.165) is 12.1 Å². The molecule has 158 valence electrons. The van der Waals surface area contributed by atoms with E-state index in [0.29, 0.717) is 22.9 Å². The Morgan fingerprint density at radius 3 is 2.37 bits per heavy atom. The average molecular weight is 438 g/mol. The highest BCUT2D eigenvalue weighted by Crippen LogP contribution is 2.35. The van der Waals surface area contributed by atoms with E-state index in [1.807, 2.05) is 0 Å². The molecule has 3 aromatic rings. The molecule has 12 heteroatoms. The summed E-state index contributed by atoms with van der Waals surface area (Å²) >= 11 is 0. The van der Waals surface area contributed by atoms with E-state index in [-0.39, 0.29) is 18.9 Å². The van der Waals surface area contributed by atoms with Gasteiger partial charge in [-0.25, -0.2) is 23.4 Å². The lowest BCUT2D eigenvalue weighted by atomic mass is 10.1. The van der Waals surface area contributed by atoms with Crippen molar-refractivity contribution in [1.29, 1.82) is 0 Å². The van der Waals surface area contributed by atoms with Crippen molar-refractivity contribution in [1.82, 2.24) is 19.9 Å². The average Bonchev–Trinajstić information content (AvgIpc) is 2.71. The summed E-state index contributed by atoms with van der Waals surface area (Å²) in [7, 11) is -5.47. The zero-order valence-electron chi connectivity index (χ0n) is 15.7. The van der Waals surface area contributed by atoms with Crippen LogP contribution in [0.25, 0.3) is 0 Å². The van der Waals surface area contributed by atoms with Crippen LogP contribution in [0.4, 0.5) is 30.6 Å². The van der Waals surface area contributed by atoms with Gasteiger partial charge in [0.2, 0.25) is 5.95 Å². The van der Waals surface area contributed by atoms with Gasteiger partial charge in [-0.2, -0.15) is 18.2 Å². The Balaban J connectivity index is 2.13. The van der Waals surface area contributed by atoms with Crippen LogP contribution in [0.3, 0.4) is 0 Å². The molecule has 2 aromatic heterocycles. The fraction of sp³-hybridized carbons (Fsp3) is 0.222. The number of alkyl halides is 3. The molecular weight excluding hydrogens is 421 g/mol. The molecule has 0 aliphatic heterocycles. The van der Waals surface area contributed by atoms with Gasteiger partial charge in [0.1, 0.15) is 11.6 Å². The Morgan fingerprint density at radius 1 is 1.07 bits per heavy atom. The third kappa shape index (κ3) is 4.32. The lowest BCUT2D eigenvalue weighted by molar-refractivity contribution is -0.0436. The second-order valence-corrected chi connectivity index (χ2v) is 8.06. The topological polar surface area (TPSA) is 115 Å². The number of aryl methyl sites for hydroxylation is 1. The second kappa shape index (κ2) is 8.22. The lowest BCUT2D eigenvalue weighted by Gasteiger charge is -2.26. The number of nitrogen functional groups attached to an aromatic ring is 1. The molecule has 30 heavy (non-hydrogen) atoms. The van der Waals surface area contributed by atoms with E-state index >= 15 is 0 Å². The summed E-state index contributed by atoms with van der Waals surface area (Å²) in [6, 6.07) is 6.45. The van der Waals surface area contributed by atoms with E-state index in [4.69, 9.17) is 5.73 Å². The van der Waals surface area contributed by atoms with Crippen molar-refractivity contribution in [2.45, 2.75) is 30.3 Å². The maximum atomic E-state index is 13.0. The predicted molar refractivity (Wildman–Crippen MR) is 103 cm³/mol. The van der Waals surface area contributed by atoms with Crippen LogP contribution in [0.2, 0.25) is 0 Å². The fourth-order valence-electron chi connectivity index (χ4n) is 2.77. The van der Waals surface area contributed by atoms with Crippen LogP contribution in [-0.2, 0) is 22.8 Å². The Morgan fingerprint density at radius 2 is 1.77 bits per heavy atom. The van der Waals surface area contributed by atoms with Crippen molar-refractivity contribution in [3.63, 3.8) is 0 Å². The molecule has 0 saturated heterocycles. The molecule has 1 aromatic carbocycles. The summed E-state index contributed by atoms with van der Waals surface area (Å²) in [5.74, 6) is 0.778. The van der Waals surface area contributed by atoms with Crippen LogP contribution < -0.4 is 10.6 Å². The van der Waals surface area contributed by atoms with Gasteiger partial charge in [0.25, 0.3) is 9.84 Å². The third-order valence-corrected chi connectivity index (χ3v) is 5.68. The van der Waals surface area contributed by atoms with Crippen LogP contribution in [0.1, 0.15) is 18.3 Å². The monoisotopic (exact) mass is 438 g/mol. The first-order valence-electron chi connectivity index (χ1n) is 8.69. The first-order valence-corrected chi connectivity index (χ1v) is 10.2. The fourth-order valence-corrected chi connectivity index (χ4v) is 3.58. The molecule has 2 heterocycles. The van der Waals surface area contributed by atoms with E-state index < -0.39 is 20.2 Å². The Bertz CT molecular complexity index is 1140. The molecule has 2 N–H and O–H groups in total. The Kier molecular flexibility index (Phi) is 5.87. The molecular formula is C18H17F3N6O2S. The van der Waals surface area contributed by atoms with E-state index in [1.54, 1.807) is 36.4 Å². The molecule has 0 aliphatic carbocycles. The van der Waals surface area contributed by atoms with Crippen LogP contribution in [-0.4, -0.2) is 33.9 Å². The zero-order chi connectivity index (χ0) is 21.9. The number of halogens is 3. The SMILES string of the molecule is CCc1cc(S(=O)(=O)C(F)(F)F)ccc1N(Cc1ncccn1)c1ccnc(N)n1. The molecule has 8 nitrogen and oxygen atoms in total. The molecule has 0 radical (unpaired) electrons. The first-order chi connectivity index (χ1) is 14.1. The smallest absolute Gasteiger partial charge is 0.368 e. The van der Waals surface area contributed by atoms with Gasteiger partial charge < -0.3 is 10.6 Å². The Hall–Kier alpha value is -3.28. The zero-order valence-corrected chi connectivity index (χ0v) is 16.5. The van der Waals surface area contributed by atoms with Crippen LogP contribution >= 0.6 is 0 Å². The number of hydrogen-bond donors (Lipinski definition) is 1. The van der Waals surface area contributed by atoms with Crippen molar-refractivity contribution >= 4 is 27.3 Å². The summed E-state index contributed by atoms with van der Waals surface area (Å²) < 4.78 is 62.5. The number of nitrogens with zero attached hydrogens (tertiary/aromatic N) is 5. The number of hydrogen-bond acceptors (Lipinski definition) is 8. The highest BCUT2D eigenvalue weighted by Gasteiger charge is 2.47. The minimum absolute atomic E-state index is 0.000739. The van der Waals surface area contributed by atoms with Crippen LogP contribution in [0, 0.1) is 0 Å². The standard InChI is InChI=1S/C18H17F3N6O2S/c1-2-12-10-13(30(28,29)18(19,20)21)4-5-14(12)27(11-15-23-7-3-8-24-15)16-6-9-25-17(22)26-16/h3-10H,2,11H2,1H3,(H2,22,25,26). The number of sulfone groups is 1. The summed E-state index contributed by atoms with van der Waals surface area (Å²) in [5, 5.41) is 0. The van der Waals surface area contributed by atoms with Crippen molar-refractivity contribution in [3.05, 3.63) is 60.3 Å². The summed E-state index contributed by atoms with van der Waals surface area (Å²) in [6.45, 7) is 1.82. The van der Waals surface area contributed by atoms with E-state index in [2.05, 4.69) is 19.9 Å². The van der Waals surface area contributed by atoms with Gasteiger partial charge in [0.15, 0.2) is 0 Å². The van der Waals surface area contributed by atoms with Gasteiger partial charge in [-0.05, 0) is 42.3 Å². The van der Waals surface area contributed by atoms with E-state index in [1.165, 1.54) is 12.3 Å². The van der Waals surface area contributed by atoms with E-state index in [9.17, 15) is 21.6 Å². The van der Waals surface area contributed by atoms with Crippen LogP contribution in [0.15, 0.2) is 53.8 Å². The van der Waals surface area contributed by atoms with Crippen molar-refractivity contribution in [2.24, 2.45) is 0 Å². The van der Waals surface area contributed by atoms with Gasteiger partial charge in [-0.1, -0.05) is 6.92 Å². The van der Waals surface area contributed by atoms with Gasteiger partial charge in [-0.3, -0.25) is 0 Å². The van der Waals surface area contributed by atoms with Crippen molar-refractivity contribution < 1.29 is 21.6 Å². The minimum atomic E-state index is -5.47. The molecule has 3 rings (SSSR count). The maximum absolute atomic E-state index is 13.0. The molecule has 0 spiro atoms. The minimum Gasteiger partial charge on any atom is -0.368 e. The van der Waals surface area contributed by atoms with Crippen molar-refractivity contribution in [3.8, 4) is 0 Å². The normalized spacial score (nSPS) is 12.0. The van der Waals surface area contributed by atoms with Gasteiger partial charge in [0.05, 0.1) is 11.4 Å². The summed E-state index contributed by atoms with van der Waals surface area (Å²) in [6.07, 6.45) is 4.80. The van der Waals surface area contributed by atoms with Crippen LogP contribution in [0.5, 0.6) is 0 Å². The number of aromatic nitrogens is 4. The highest BCUT2D eigenvalue weighted by molar-refractivity contribution is 7.92. The number of anilines is 3. The lowest BCUT2D eigenvalue weighted by Crippen LogP contribution is -2.24. The largest absolute Gasteiger partial charge is 0.501 e. The molecule has 0 amide bonds. The molecule has 0 unspecified atom stereocenters. The maximum Gasteiger partial charge on any atom is 0.501 e. The number of rotatable bonds is 6. The summed E-state index contributed by atoms with van der Waals surface area (Å²) in [4.78, 5) is 17.2. The molecule has 0 bridgehead atoms. The molecule has 0 fully saturated rings. The number of nitrogens with two attached hydrogens (primary N) is 1. The van der Waals surface area contributed by atoms with Crippen molar-refractivity contribution in [2.75, 3.05) is 10.6 Å². The molecule has 0 aliphatic rings. The first kappa shape index (κ1) is 21.4. The molecule has 0 atom stereocenters. The quantitative estimate of drug-likeness (QED) is 0.625.